The fourth-order valence-electron chi connectivity index (χ4n) is 2.63. The molecule has 1 aliphatic rings. The molecule has 0 aromatic carbocycles. The number of nitrogens with one attached hydrogen (secondary N) is 1. The summed E-state index contributed by atoms with van der Waals surface area (Å²) < 4.78 is 5.64. The summed E-state index contributed by atoms with van der Waals surface area (Å²) in [5, 5.41) is 3.54. The average molecular weight is 292 g/mol. The standard InChI is InChI=1S/C16H28N4O/c1-12(2)18-8-14-6-5-7-20(11-14)15-9-17-10-16(19-15)21-13(3)4/h9-10,12-14,18H,5-8,11H2,1-4H3. The maximum atomic E-state index is 5.64. The summed E-state index contributed by atoms with van der Waals surface area (Å²) in [7, 11) is 0. The van der Waals surface area contributed by atoms with Gasteiger partial charge in [-0.25, -0.2) is 0 Å². The zero-order valence-electron chi connectivity index (χ0n) is 13.7. The second kappa shape index (κ2) is 7.59. The molecule has 0 amide bonds. The lowest BCUT2D eigenvalue weighted by Gasteiger charge is -2.34. The molecule has 0 bridgehead atoms. The third kappa shape index (κ3) is 5.16. The van der Waals surface area contributed by atoms with E-state index in [0.29, 0.717) is 17.8 Å². The summed E-state index contributed by atoms with van der Waals surface area (Å²) in [5.41, 5.74) is 0. The fraction of sp³-hybridized carbons (Fsp3) is 0.750. The van der Waals surface area contributed by atoms with Crippen molar-refractivity contribution < 1.29 is 4.74 Å². The van der Waals surface area contributed by atoms with Crippen LogP contribution in [-0.2, 0) is 0 Å². The molecule has 0 saturated carbocycles. The maximum absolute atomic E-state index is 5.64. The van der Waals surface area contributed by atoms with E-state index in [4.69, 9.17) is 4.74 Å². The SMILES string of the molecule is CC(C)NCC1CCCN(c2cncc(OC(C)C)n2)C1. The van der Waals surface area contributed by atoms with Crippen molar-refractivity contribution in [2.45, 2.75) is 52.7 Å². The van der Waals surface area contributed by atoms with Gasteiger partial charge in [0.1, 0.15) is 0 Å². The molecule has 1 N–H and O–H groups in total. The second-order valence-electron chi connectivity index (χ2n) is 6.40. The van der Waals surface area contributed by atoms with E-state index < -0.39 is 0 Å². The zero-order valence-corrected chi connectivity index (χ0v) is 13.7. The molecule has 1 atom stereocenters. The molecule has 0 spiro atoms. The van der Waals surface area contributed by atoms with Crippen LogP contribution < -0.4 is 15.0 Å². The van der Waals surface area contributed by atoms with Gasteiger partial charge in [0.15, 0.2) is 5.82 Å². The number of hydrogen-bond donors (Lipinski definition) is 1. The third-order valence-electron chi connectivity index (χ3n) is 3.61. The van der Waals surface area contributed by atoms with Gasteiger partial charge in [-0.2, -0.15) is 4.98 Å². The van der Waals surface area contributed by atoms with Gasteiger partial charge in [0.25, 0.3) is 0 Å². The van der Waals surface area contributed by atoms with E-state index in [1.807, 2.05) is 20.0 Å². The lowest BCUT2D eigenvalue weighted by Crippen LogP contribution is -2.41. The molecule has 1 aromatic rings. The van der Waals surface area contributed by atoms with Crippen LogP contribution in [0.3, 0.4) is 0 Å². The molecule has 1 aromatic heterocycles. The molecule has 1 unspecified atom stereocenters. The Morgan fingerprint density at radius 1 is 1.33 bits per heavy atom. The Kier molecular flexibility index (Phi) is 5.79. The Labute approximate surface area is 128 Å². The molecule has 21 heavy (non-hydrogen) atoms. The first-order chi connectivity index (χ1) is 10.0. The summed E-state index contributed by atoms with van der Waals surface area (Å²) in [6, 6.07) is 0.544. The smallest absolute Gasteiger partial charge is 0.234 e. The van der Waals surface area contributed by atoms with Gasteiger partial charge in [-0.1, -0.05) is 13.8 Å². The van der Waals surface area contributed by atoms with Gasteiger partial charge in [-0.05, 0) is 39.2 Å². The number of hydrogen-bond acceptors (Lipinski definition) is 5. The van der Waals surface area contributed by atoms with Crippen LogP contribution in [0.5, 0.6) is 5.88 Å². The van der Waals surface area contributed by atoms with Crippen molar-refractivity contribution in [1.82, 2.24) is 15.3 Å². The Hall–Kier alpha value is -1.36. The molecular formula is C16H28N4O. The fourth-order valence-corrected chi connectivity index (χ4v) is 2.63. The predicted octanol–water partition coefficient (Wildman–Crippen LogP) is 2.48. The first kappa shape index (κ1) is 16.0. The van der Waals surface area contributed by atoms with Crippen LogP contribution in [-0.4, -0.2) is 41.7 Å². The largest absolute Gasteiger partial charge is 0.474 e. The first-order valence-corrected chi connectivity index (χ1v) is 8.01. The number of rotatable bonds is 6. The quantitative estimate of drug-likeness (QED) is 0.873. The summed E-state index contributed by atoms with van der Waals surface area (Å²) >= 11 is 0. The summed E-state index contributed by atoms with van der Waals surface area (Å²) in [5.74, 6) is 2.23. The highest BCUT2D eigenvalue weighted by molar-refractivity contribution is 5.38. The predicted molar refractivity (Wildman–Crippen MR) is 85.9 cm³/mol. The lowest BCUT2D eigenvalue weighted by molar-refractivity contribution is 0.231. The van der Waals surface area contributed by atoms with Gasteiger partial charge in [0.2, 0.25) is 5.88 Å². The average Bonchev–Trinajstić information content (AvgIpc) is 2.45. The van der Waals surface area contributed by atoms with E-state index in [1.54, 1.807) is 6.20 Å². The molecule has 1 fully saturated rings. The minimum absolute atomic E-state index is 0.124. The van der Waals surface area contributed by atoms with Crippen molar-refractivity contribution in [3.8, 4) is 5.88 Å². The van der Waals surface area contributed by atoms with E-state index in [9.17, 15) is 0 Å². The van der Waals surface area contributed by atoms with Crippen LogP contribution in [0.4, 0.5) is 5.82 Å². The maximum Gasteiger partial charge on any atom is 0.234 e. The minimum atomic E-state index is 0.124. The summed E-state index contributed by atoms with van der Waals surface area (Å²) in [6.07, 6.45) is 6.14. The van der Waals surface area contributed by atoms with Crippen molar-refractivity contribution in [3.63, 3.8) is 0 Å². The molecule has 2 heterocycles. The normalized spacial score (nSPS) is 19.3. The zero-order chi connectivity index (χ0) is 15.2. The molecule has 1 aliphatic heterocycles. The van der Waals surface area contributed by atoms with E-state index in [1.165, 1.54) is 12.8 Å². The molecule has 0 radical (unpaired) electrons. The molecule has 1 saturated heterocycles. The first-order valence-electron chi connectivity index (χ1n) is 8.01. The van der Waals surface area contributed by atoms with Gasteiger partial charge in [0.05, 0.1) is 18.5 Å². The van der Waals surface area contributed by atoms with Gasteiger partial charge in [-0.15, -0.1) is 0 Å². The van der Waals surface area contributed by atoms with Gasteiger partial charge in [0, 0.05) is 19.1 Å². The molecule has 2 rings (SSSR count). The summed E-state index contributed by atoms with van der Waals surface area (Å²) in [6.45, 7) is 11.6. The Morgan fingerprint density at radius 2 is 2.14 bits per heavy atom. The Bertz CT molecular complexity index is 436. The monoisotopic (exact) mass is 292 g/mol. The van der Waals surface area contributed by atoms with Crippen LogP contribution in [0.2, 0.25) is 0 Å². The van der Waals surface area contributed by atoms with Crippen LogP contribution in [0.15, 0.2) is 12.4 Å². The van der Waals surface area contributed by atoms with Gasteiger partial charge >= 0.3 is 0 Å². The van der Waals surface area contributed by atoms with Crippen LogP contribution in [0.1, 0.15) is 40.5 Å². The topological polar surface area (TPSA) is 50.3 Å². The molecule has 0 aliphatic carbocycles. The van der Waals surface area contributed by atoms with Gasteiger partial charge in [-0.3, -0.25) is 4.98 Å². The van der Waals surface area contributed by atoms with Gasteiger partial charge < -0.3 is 15.0 Å². The number of ether oxygens (including phenoxy) is 1. The van der Waals surface area contributed by atoms with Crippen molar-refractivity contribution in [3.05, 3.63) is 12.4 Å². The number of piperidine rings is 1. The molecule has 118 valence electrons. The van der Waals surface area contributed by atoms with E-state index >= 15 is 0 Å². The number of nitrogens with zero attached hydrogens (tertiary/aromatic N) is 3. The summed E-state index contributed by atoms with van der Waals surface area (Å²) in [4.78, 5) is 11.2. The lowest BCUT2D eigenvalue weighted by atomic mass is 9.98. The van der Waals surface area contributed by atoms with Crippen LogP contribution in [0, 0.1) is 5.92 Å². The van der Waals surface area contributed by atoms with Crippen molar-refractivity contribution in [1.29, 1.82) is 0 Å². The van der Waals surface area contributed by atoms with Crippen LogP contribution >= 0.6 is 0 Å². The highest BCUT2D eigenvalue weighted by Gasteiger charge is 2.21. The highest BCUT2D eigenvalue weighted by atomic mass is 16.5. The number of anilines is 1. The van der Waals surface area contributed by atoms with E-state index in [0.717, 1.165) is 25.5 Å². The third-order valence-corrected chi connectivity index (χ3v) is 3.61. The van der Waals surface area contributed by atoms with E-state index in [-0.39, 0.29) is 6.10 Å². The highest BCUT2D eigenvalue weighted by Crippen LogP contribution is 2.22. The molecule has 5 heteroatoms. The second-order valence-corrected chi connectivity index (χ2v) is 6.40. The van der Waals surface area contributed by atoms with Crippen molar-refractivity contribution >= 4 is 5.82 Å². The van der Waals surface area contributed by atoms with Crippen molar-refractivity contribution in [2.24, 2.45) is 5.92 Å². The van der Waals surface area contributed by atoms with Crippen LogP contribution in [0.25, 0.3) is 0 Å². The molecular weight excluding hydrogens is 264 g/mol. The Balaban J connectivity index is 1.97. The number of aromatic nitrogens is 2. The Morgan fingerprint density at radius 3 is 2.86 bits per heavy atom. The molecule has 5 nitrogen and oxygen atoms in total. The minimum Gasteiger partial charge on any atom is -0.474 e. The van der Waals surface area contributed by atoms with Crippen molar-refractivity contribution in [2.75, 3.05) is 24.5 Å². The van der Waals surface area contributed by atoms with E-state index in [2.05, 4.69) is 34.0 Å².